The third kappa shape index (κ3) is 1.38. The van der Waals surface area contributed by atoms with E-state index in [9.17, 15) is 24.6 Å². The van der Waals surface area contributed by atoms with Crippen LogP contribution in [0.25, 0.3) is 0 Å². The summed E-state index contributed by atoms with van der Waals surface area (Å²) in [6.45, 7) is 0.211. The number of nitrogens with zero attached hydrogens (tertiary/aromatic N) is 2. The summed E-state index contributed by atoms with van der Waals surface area (Å²) in [6.07, 6.45) is -0.607. The fourth-order valence-electron chi connectivity index (χ4n) is 9.14. The van der Waals surface area contributed by atoms with Gasteiger partial charge in [-0.2, -0.15) is 0 Å². The third-order valence-electron chi connectivity index (χ3n) is 9.96. The molecule has 5 aliphatic heterocycles. The molecule has 2 amide bonds. The second kappa shape index (κ2) is 5.13. The standard InChI is InChI=1S/C23H22N2O9/c1-31-18(28)25-13-11(3-4-12-14(13)33-10-32-12)22-15-16(26)24-8-2-5-19(23(22,24)30)6-7-21(22,25)20(29,9-19)17(27)34-15/h3-4,15,29-30H,2,5-10H2,1H3/t15-,19?,20?,21?,22+,23+/m0/s1. The van der Waals surface area contributed by atoms with E-state index in [1.807, 2.05) is 0 Å². The molecule has 1 aromatic carbocycles. The van der Waals surface area contributed by atoms with Gasteiger partial charge in [-0.05, 0) is 43.7 Å². The molecule has 11 nitrogen and oxygen atoms in total. The predicted molar refractivity (Wildman–Crippen MR) is 109 cm³/mol. The lowest BCUT2D eigenvalue weighted by Crippen LogP contribution is -2.93. The summed E-state index contributed by atoms with van der Waals surface area (Å²) in [5, 5.41) is 25.1. The lowest BCUT2D eigenvalue weighted by atomic mass is 9.34. The van der Waals surface area contributed by atoms with Gasteiger partial charge in [-0.1, -0.05) is 6.07 Å². The molecular formula is C23H22N2O9. The number of hydrogen-bond donors (Lipinski definition) is 2. The molecule has 3 saturated heterocycles. The molecule has 3 unspecified atom stereocenters. The van der Waals surface area contributed by atoms with Crippen molar-refractivity contribution in [2.45, 2.75) is 60.5 Å². The van der Waals surface area contributed by atoms with Gasteiger partial charge in [0.05, 0.1) is 12.8 Å². The van der Waals surface area contributed by atoms with Crippen molar-refractivity contribution in [3.63, 3.8) is 0 Å². The number of benzene rings is 1. The molecule has 6 atom stereocenters. The summed E-state index contributed by atoms with van der Waals surface area (Å²) in [5.41, 5.74) is -7.56. The van der Waals surface area contributed by atoms with Crippen LogP contribution in [0.2, 0.25) is 0 Å². The van der Waals surface area contributed by atoms with Crippen LogP contribution in [-0.2, 0) is 24.5 Å². The first-order valence-electron chi connectivity index (χ1n) is 11.5. The molecule has 0 aromatic heterocycles. The lowest BCUT2D eigenvalue weighted by molar-refractivity contribution is -0.346. The van der Waals surface area contributed by atoms with Crippen molar-refractivity contribution in [2.75, 3.05) is 25.3 Å². The second-order valence-electron chi connectivity index (χ2n) is 10.5. The zero-order valence-corrected chi connectivity index (χ0v) is 18.3. The number of ether oxygens (including phenoxy) is 4. The van der Waals surface area contributed by atoms with E-state index >= 15 is 0 Å². The molecule has 34 heavy (non-hydrogen) atoms. The highest BCUT2D eigenvalue weighted by Gasteiger charge is 2.98. The van der Waals surface area contributed by atoms with Crippen LogP contribution in [0, 0.1) is 5.41 Å². The van der Waals surface area contributed by atoms with Crippen LogP contribution in [0.15, 0.2) is 12.1 Å². The second-order valence-corrected chi connectivity index (χ2v) is 10.5. The van der Waals surface area contributed by atoms with Crippen molar-refractivity contribution in [3.05, 3.63) is 17.7 Å². The van der Waals surface area contributed by atoms with Crippen molar-refractivity contribution in [1.82, 2.24) is 4.90 Å². The maximum absolute atomic E-state index is 13.8. The minimum absolute atomic E-state index is 0.0802. The van der Waals surface area contributed by atoms with Gasteiger partial charge in [0.1, 0.15) is 11.0 Å². The largest absolute Gasteiger partial charge is 0.454 e. The molecule has 1 aromatic rings. The first-order valence-corrected chi connectivity index (χ1v) is 11.5. The zero-order chi connectivity index (χ0) is 23.5. The molecule has 178 valence electrons. The number of aliphatic hydroxyl groups is 2. The number of piperidine rings is 1. The Hall–Kier alpha value is -3.05. The number of hydrogen-bond acceptors (Lipinski definition) is 9. The third-order valence-corrected chi connectivity index (χ3v) is 9.96. The summed E-state index contributed by atoms with van der Waals surface area (Å²) < 4.78 is 22.2. The smallest absolute Gasteiger partial charge is 0.414 e. The van der Waals surface area contributed by atoms with Crippen LogP contribution in [-0.4, -0.2) is 76.5 Å². The first-order chi connectivity index (χ1) is 16.2. The van der Waals surface area contributed by atoms with Crippen molar-refractivity contribution in [2.24, 2.45) is 5.41 Å². The molecule has 0 radical (unpaired) electrons. The molecule has 4 bridgehead atoms. The minimum Gasteiger partial charge on any atom is -0.454 e. The quantitative estimate of drug-likeness (QED) is 0.508. The zero-order valence-electron chi connectivity index (χ0n) is 18.3. The summed E-state index contributed by atoms with van der Waals surface area (Å²) >= 11 is 0. The van der Waals surface area contributed by atoms with E-state index in [1.54, 1.807) is 12.1 Å². The molecule has 3 spiro atoms. The number of anilines is 1. The Bertz CT molecular complexity index is 1270. The van der Waals surface area contributed by atoms with Gasteiger partial charge in [-0.25, -0.2) is 9.59 Å². The van der Waals surface area contributed by atoms with E-state index in [0.29, 0.717) is 37.1 Å². The number of methoxy groups -OCH3 is 1. The van der Waals surface area contributed by atoms with Crippen molar-refractivity contribution < 1.29 is 43.5 Å². The Morgan fingerprint density at radius 1 is 1.18 bits per heavy atom. The van der Waals surface area contributed by atoms with Crippen LogP contribution in [0.4, 0.5) is 10.5 Å². The number of esters is 1. The van der Waals surface area contributed by atoms with E-state index in [1.165, 1.54) is 16.9 Å². The normalized spacial score (nSPS) is 45.8. The van der Waals surface area contributed by atoms with E-state index < -0.39 is 51.8 Å². The molecule has 9 rings (SSSR count). The fraction of sp³-hybridized carbons (Fsp3) is 0.609. The number of carbonyl (C=O) groups is 3. The number of carbonyl (C=O) groups excluding carboxylic acids is 3. The number of amides is 2. The molecule has 8 aliphatic rings. The maximum atomic E-state index is 13.8. The molecule has 11 heteroatoms. The Morgan fingerprint density at radius 2 is 2.00 bits per heavy atom. The molecule has 2 N–H and O–H groups in total. The SMILES string of the molecule is COC(=O)N1c2c(ccc3c2OCO3)[C@]23[C@H]4OC(=O)C5(O)CC6(CCCN(C4=O)[C@@]62O)CCC153. The van der Waals surface area contributed by atoms with Crippen LogP contribution < -0.4 is 14.4 Å². The topological polar surface area (TPSA) is 135 Å². The minimum atomic E-state index is -2.17. The van der Waals surface area contributed by atoms with Gasteiger partial charge in [0.15, 0.2) is 28.9 Å². The van der Waals surface area contributed by atoms with E-state index in [-0.39, 0.29) is 31.1 Å². The fourth-order valence-corrected chi connectivity index (χ4v) is 9.14. The van der Waals surface area contributed by atoms with E-state index in [4.69, 9.17) is 18.9 Å². The Kier molecular flexibility index (Phi) is 2.91. The first kappa shape index (κ1) is 19.3. The molecule has 5 heterocycles. The monoisotopic (exact) mass is 470 g/mol. The Morgan fingerprint density at radius 3 is 2.79 bits per heavy atom. The van der Waals surface area contributed by atoms with Gasteiger partial charge in [-0.15, -0.1) is 0 Å². The van der Waals surface area contributed by atoms with Crippen LogP contribution >= 0.6 is 0 Å². The average Bonchev–Trinajstić information content (AvgIpc) is 3.45. The summed E-state index contributed by atoms with van der Waals surface area (Å²) in [4.78, 5) is 43.6. The maximum Gasteiger partial charge on any atom is 0.414 e. The Balaban J connectivity index is 1.60. The van der Waals surface area contributed by atoms with Crippen LogP contribution in [0.5, 0.6) is 11.5 Å². The number of rotatable bonds is 0. The number of fused-ring (bicyclic) bond motifs is 4. The lowest BCUT2D eigenvalue weighted by Gasteiger charge is -2.75. The molecule has 6 fully saturated rings. The summed E-state index contributed by atoms with van der Waals surface area (Å²) in [7, 11) is 1.21. The van der Waals surface area contributed by atoms with Gasteiger partial charge in [0, 0.05) is 12.0 Å². The summed E-state index contributed by atoms with van der Waals surface area (Å²) in [6, 6.07) is 3.36. The van der Waals surface area contributed by atoms with Gasteiger partial charge in [0.2, 0.25) is 6.79 Å². The van der Waals surface area contributed by atoms with Crippen molar-refractivity contribution in [3.8, 4) is 11.5 Å². The highest BCUT2D eigenvalue weighted by atomic mass is 16.7. The molecule has 3 aliphatic carbocycles. The van der Waals surface area contributed by atoms with Crippen molar-refractivity contribution >= 4 is 23.7 Å². The predicted octanol–water partition coefficient (Wildman–Crippen LogP) is 0.143. The van der Waals surface area contributed by atoms with Crippen LogP contribution in [0.3, 0.4) is 0 Å². The van der Waals surface area contributed by atoms with E-state index in [2.05, 4.69) is 0 Å². The van der Waals surface area contributed by atoms with E-state index in [0.717, 1.165) is 0 Å². The molecular weight excluding hydrogens is 448 g/mol. The van der Waals surface area contributed by atoms with Crippen LogP contribution in [0.1, 0.15) is 37.7 Å². The van der Waals surface area contributed by atoms with Gasteiger partial charge >= 0.3 is 12.1 Å². The van der Waals surface area contributed by atoms with Gasteiger partial charge < -0.3 is 34.1 Å². The summed E-state index contributed by atoms with van der Waals surface area (Å²) in [5.74, 6) is -0.830. The van der Waals surface area contributed by atoms with Crippen molar-refractivity contribution in [1.29, 1.82) is 0 Å². The molecule has 3 saturated carbocycles. The average molecular weight is 470 g/mol. The highest BCUT2D eigenvalue weighted by molar-refractivity contribution is 6.07. The van der Waals surface area contributed by atoms with Gasteiger partial charge in [-0.3, -0.25) is 9.69 Å². The highest BCUT2D eigenvalue weighted by Crippen LogP contribution is 2.82. The van der Waals surface area contributed by atoms with Gasteiger partial charge in [0.25, 0.3) is 5.91 Å². The Labute approximate surface area is 193 Å².